The van der Waals surface area contributed by atoms with Crippen molar-refractivity contribution in [2.75, 3.05) is 12.4 Å². The van der Waals surface area contributed by atoms with Gasteiger partial charge >= 0.3 is 0 Å². The zero-order valence-electron chi connectivity index (χ0n) is 15.6. The molecule has 1 amide bonds. The number of halogens is 1. The Balaban J connectivity index is 1.63. The molecule has 0 saturated carbocycles. The van der Waals surface area contributed by atoms with Gasteiger partial charge in [0.1, 0.15) is 11.4 Å². The van der Waals surface area contributed by atoms with Crippen molar-refractivity contribution in [3.05, 3.63) is 64.1 Å². The summed E-state index contributed by atoms with van der Waals surface area (Å²) in [6.07, 6.45) is 0. The van der Waals surface area contributed by atoms with Gasteiger partial charge in [0.05, 0.1) is 12.8 Å². The first kappa shape index (κ1) is 18.5. The molecule has 5 nitrogen and oxygen atoms in total. The van der Waals surface area contributed by atoms with Gasteiger partial charge in [0.15, 0.2) is 5.13 Å². The Bertz CT molecular complexity index is 1200. The molecule has 7 heteroatoms. The molecule has 0 unspecified atom stereocenters. The number of hydrogen-bond acceptors (Lipinski definition) is 4. The first-order valence-corrected chi connectivity index (χ1v) is 9.89. The van der Waals surface area contributed by atoms with E-state index in [0.717, 1.165) is 33.5 Å². The number of hydrogen-bond donors (Lipinski definition) is 1. The van der Waals surface area contributed by atoms with E-state index in [-0.39, 0.29) is 5.91 Å². The first-order chi connectivity index (χ1) is 13.5. The minimum absolute atomic E-state index is 0.230. The summed E-state index contributed by atoms with van der Waals surface area (Å²) in [5.41, 5.74) is 4.20. The maximum atomic E-state index is 12.8. The lowest BCUT2D eigenvalue weighted by atomic mass is 10.1. The fraction of sp³-hybridized carbons (Fsp3) is 0.143. The summed E-state index contributed by atoms with van der Waals surface area (Å²) in [7, 11) is 3.48. The Morgan fingerprint density at radius 1 is 1.25 bits per heavy atom. The van der Waals surface area contributed by atoms with Gasteiger partial charge in [-0.25, -0.2) is 4.98 Å². The standard InChI is InChI=1S/C21H18ClN3O2S/c1-12-7-8-19(27-3)14(9-12)16-11-28-21(23-16)24-20(26)18-10-13-15(22)5-4-6-17(13)25(18)2/h4-11H,1-3H3,(H,23,24,26). The predicted octanol–water partition coefficient (Wildman–Crippen LogP) is 5.52. The van der Waals surface area contributed by atoms with Crippen LogP contribution in [0.15, 0.2) is 47.8 Å². The third-order valence-electron chi connectivity index (χ3n) is 4.62. The van der Waals surface area contributed by atoms with E-state index in [1.165, 1.54) is 11.3 Å². The Hall–Kier alpha value is -2.83. The molecule has 2 aromatic carbocycles. The quantitative estimate of drug-likeness (QED) is 0.480. The molecule has 4 rings (SSSR count). The van der Waals surface area contributed by atoms with Crippen LogP contribution >= 0.6 is 22.9 Å². The number of amides is 1. The second-order valence-corrected chi connectivity index (χ2v) is 7.72. The fourth-order valence-corrected chi connectivity index (χ4v) is 4.11. The monoisotopic (exact) mass is 411 g/mol. The average Bonchev–Trinajstić information content (AvgIpc) is 3.27. The lowest BCUT2D eigenvalue weighted by Gasteiger charge is -2.07. The third-order valence-corrected chi connectivity index (χ3v) is 5.71. The van der Waals surface area contributed by atoms with Crippen LogP contribution < -0.4 is 10.1 Å². The lowest BCUT2D eigenvalue weighted by molar-refractivity contribution is 0.101. The molecule has 0 atom stereocenters. The molecule has 0 radical (unpaired) electrons. The number of ether oxygens (including phenoxy) is 1. The van der Waals surface area contributed by atoms with Gasteiger partial charge < -0.3 is 9.30 Å². The molecule has 1 N–H and O–H groups in total. The minimum atomic E-state index is -0.230. The van der Waals surface area contributed by atoms with Crippen molar-refractivity contribution in [1.82, 2.24) is 9.55 Å². The smallest absolute Gasteiger partial charge is 0.274 e. The van der Waals surface area contributed by atoms with Crippen LogP contribution in [0.1, 0.15) is 16.1 Å². The predicted molar refractivity (Wildman–Crippen MR) is 115 cm³/mol. The van der Waals surface area contributed by atoms with Gasteiger partial charge in [-0.3, -0.25) is 10.1 Å². The Kier molecular flexibility index (Phi) is 4.83. The number of nitrogens with one attached hydrogen (secondary N) is 1. The largest absolute Gasteiger partial charge is 0.496 e. The zero-order valence-corrected chi connectivity index (χ0v) is 17.2. The van der Waals surface area contributed by atoms with E-state index < -0.39 is 0 Å². The molecule has 2 aromatic heterocycles. The number of carbonyl (C=O) groups excluding carboxylic acids is 1. The molecule has 0 aliphatic heterocycles. The zero-order chi connectivity index (χ0) is 19.8. The maximum absolute atomic E-state index is 12.8. The van der Waals surface area contributed by atoms with Gasteiger partial charge in [0, 0.05) is 33.9 Å². The van der Waals surface area contributed by atoms with Crippen molar-refractivity contribution in [1.29, 1.82) is 0 Å². The molecule has 0 aliphatic rings. The fourth-order valence-electron chi connectivity index (χ4n) is 3.18. The SMILES string of the molecule is COc1ccc(C)cc1-c1csc(NC(=O)c2cc3c(Cl)cccc3n2C)n1. The summed E-state index contributed by atoms with van der Waals surface area (Å²) in [6.45, 7) is 2.02. The van der Waals surface area contributed by atoms with E-state index in [4.69, 9.17) is 16.3 Å². The molecule has 142 valence electrons. The Morgan fingerprint density at radius 3 is 2.82 bits per heavy atom. The van der Waals surface area contributed by atoms with Crippen LogP contribution in [-0.4, -0.2) is 22.6 Å². The van der Waals surface area contributed by atoms with Gasteiger partial charge in [-0.1, -0.05) is 29.3 Å². The lowest BCUT2D eigenvalue weighted by Crippen LogP contribution is -2.15. The summed E-state index contributed by atoms with van der Waals surface area (Å²) in [5, 5.41) is 6.79. The van der Waals surface area contributed by atoms with E-state index in [1.807, 2.05) is 60.3 Å². The number of methoxy groups -OCH3 is 1. The number of aromatic nitrogens is 2. The maximum Gasteiger partial charge on any atom is 0.274 e. The number of anilines is 1. The highest BCUT2D eigenvalue weighted by atomic mass is 35.5. The van der Waals surface area contributed by atoms with Crippen LogP contribution in [0.5, 0.6) is 5.75 Å². The summed E-state index contributed by atoms with van der Waals surface area (Å²) < 4.78 is 7.26. The van der Waals surface area contributed by atoms with Crippen molar-refractivity contribution in [2.45, 2.75) is 6.92 Å². The number of carbonyl (C=O) groups is 1. The van der Waals surface area contributed by atoms with Gasteiger partial charge in [-0.2, -0.15) is 0 Å². The van der Waals surface area contributed by atoms with E-state index >= 15 is 0 Å². The Morgan fingerprint density at radius 2 is 2.07 bits per heavy atom. The van der Waals surface area contributed by atoms with Crippen LogP contribution in [0.3, 0.4) is 0 Å². The van der Waals surface area contributed by atoms with Gasteiger partial charge in [-0.05, 0) is 37.3 Å². The van der Waals surface area contributed by atoms with Gasteiger partial charge in [0.2, 0.25) is 0 Å². The number of fused-ring (bicyclic) bond motifs is 1. The highest BCUT2D eigenvalue weighted by Gasteiger charge is 2.17. The summed E-state index contributed by atoms with van der Waals surface area (Å²) in [6, 6.07) is 13.3. The second kappa shape index (κ2) is 7.30. The molecule has 4 aromatic rings. The number of nitrogens with zero attached hydrogens (tertiary/aromatic N) is 2. The van der Waals surface area contributed by atoms with E-state index in [1.54, 1.807) is 13.2 Å². The normalized spacial score (nSPS) is 11.0. The number of rotatable bonds is 4. The molecule has 0 aliphatic carbocycles. The van der Waals surface area contributed by atoms with Crippen LogP contribution in [0, 0.1) is 6.92 Å². The average molecular weight is 412 g/mol. The topological polar surface area (TPSA) is 56.1 Å². The molecular weight excluding hydrogens is 394 g/mol. The van der Waals surface area contributed by atoms with Crippen LogP contribution in [0.2, 0.25) is 5.02 Å². The van der Waals surface area contributed by atoms with Crippen LogP contribution in [0.4, 0.5) is 5.13 Å². The van der Waals surface area contributed by atoms with Crippen molar-refractivity contribution in [3.8, 4) is 17.0 Å². The third kappa shape index (κ3) is 3.25. The molecule has 2 heterocycles. The molecular formula is C21H18ClN3O2S. The van der Waals surface area contributed by atoms with E-state index in [0.29, 0.717) is 15.8 Å². The van der Waals surface area contributed by atoms with Crippen molar-refractivity contribution >= 4 is 44.9 Å². The summed E-state index contributed by atoms with van der Waals surface area (Å²) >= 11 is 7.63. The minimum Gasteiger partial charge on any atom is -0.496 e. The second-order valence-electron chi connectivity index (χ2n) is 6.46. The van der Waals surface area contributed by atoms with Crippen LogP contribution in [-0.2, 0) is 7.05 Å². The highest BCUT2D eigenvalue weighted by Crippen LogP contribution is 2.33. The van der Waals surface area contributed by atoms with Gasteiger partial charge in [0.25, 0.3) is 5.91 Å². The molecule has 0 saturated heterocycles. The first-order valence-electron chi connectivity index (χ1n) is 8.64. The summed E-state index contributed by atoms with van der Waals surface area (Å²) in [5.74, 6) is 0.518. The highest BCUT2D eigenvalue weighted by molar-refractivity contribution is 7.14. The Labute approximate surface area is 171 Å². The number of thiazole rings is 1. The van der Waals surface area contributed by atoms with E-state index in [9.17, 15) is 4.79 Å². The van der Waals surface area contributed by atoms with Crippen molar-refractivity contribution in [3.63, 3.8) is 0 Å². The number of benzene rings is 2. The summed E-state index contributed by atoms with van der Waals surface area (Å²) in [4.78, 5) is 17.4. The van der Waals surface area contributed by atoms with Crippen molar-refractivity contribution in [2.24, 2.45) is 7.05 Å². The number of aryl methyl sites for hydroxylation is 2. The molecule has 28 heavy (non-hydrogen) atoms. The van der Waals surface area contributed by atoms with E-state index in [2.05, 4.69) is 10.3 Å². The molecule has 0 bridgehead atoms. The molecule has 0 fully saturated rings. The van der Waals surface area contributed by atoms with Gasteiger partial charge in [-0.15, -0.1) is 11.3 Å². The van der Waals surface area contributed by atoms with Crippen LogP contribution in [0.25, 0.3) is 22.2 Å². The molecule has 0 spiro atoms. The van der Waals surface area contributed by atoms with Crippen molar-refractivity contribution < 1.29 is 9.53 Å².